The van der Waals surface area contributed by atoms with E-state index >= 15 is 0 Å². The molecule has 1 fully saturated rings. The Balaban J connectivity index is 1.32. The third kappa shape index (κ3) is 3.23. The highest BCUT2D eigenvalue weighted by atomic mass is 32.1. The molecule has 3 aromatic rings. The summed E-state index contributed by atoms with van der Waals surface area (Å²) in [6.45, 7) is 3.67. The van der Waals surface area contributed by atoms with Crippen molar-refractivity contribution < 1.29 is 14.3 Å². The van der Waals surface area contributed by atoms with E-state index in [1.165, 1.54) is 11.3 Å². The predicted molar refractivity (Wildman–Crippen MR) is 109 cm³/mol. The van der Waals surface area contributed by atoms with Crippen molar-refractivity contribution in [2.45, 2.75) is 6.61 Å². The summed E-state index contributed by atoms with van der Waals surface area (Å²) in [6, 6.07) is 13.7. The minimum absolute atomic E-state index is 0.150. The van der Waals surface area contributed by atoms with Crippen molar-refractivity contribution >= 4 is 28.7 Å². The number of carbonyl (C=O) groups excluding carboxylic acids is 1. The second kappa shape index (κ2) is 7.26. The molecule has 1 aromatic carbocycles. The van der Waals surface area contributed by atoms with Crippen LogP contribution in [-0.2, 0) is 11.3 Å². The number of hydrogen-bond acceptors (Lipinski definition) is 6. The number of nitrogens with zero attached hydrogens (tertiary/aromatic N) is 2. The smallest absolute Gasteiger partial charge is 0.266 e. The molecule has 5 rings (SSSR count). The quantitative estimate of drug-likeness (QED) is 0.734. The molecule has 0 spiro atoms. The Morgan fingerprint density at radius 2 is 2.00 bits per heavy atom. The summed E-state index contributed by atoms with van der Waals surface area (Å²) in [6.07, 6.45) is 1.80. The molecule has 0 radical (unpaired) electrons. The lowest BCUT2D eigenvalue weighted by atomic mass is 10.1. The molecule has 0 bridgehead atoms. The number of amides is 1. The first kappa shape index (κ1) is 17.2. The Morgan fingerprint density at radius 3 is 2.82 bits per heavy atom. The molecule has 7 heteroatoms. The Labute approximate surface area is 166 Å². The van der Waals surface area contributed by atoms with Gasteiger partial charge in [-0.05, 0) is 30.3 Å². The summed E-state index contributed by atoms with van der Waals surface area (Å²) in [5.74, 6) is 1.26. The molecule has 0 atom stereocenters. The van der Waals surface area contributed by atoms with Crippen LogP contribution < -0.4 is 15.0 Å². The van der Waals surface area contributed by atoms with Crippen molar-refractivity contribution in [2.75, 3.05) is 36.5 Å². The number of fused-ring (bicyclic) bond motifs is 3. The molecule has 1 saturated heterocycles. The zero-order valence-corrected chi connectivity index (χ0v) is 16.0. The van der Waals surface area contributed by atoms with Crippen LogP contribution >= 0.6 is 11.3 Å². The van der Waals surface area contributed by atoms with Crippen LogP contribution in [0.3, 0.4) is 0 Å². The predicted octanol–water partition coefficient (Wildman–Crippen LogP) is 3.79. The summed E-state index contributed by atoms with van der Waals surface area (Å²) >= 11 is 1.49. The van der Waals surface area contributed by atoms with E-state index in [-0.39, 0.29) is 5.91 Å². The van der Waals surface area contributed by atoms with Crippen molar-refractivity contribution in [2.24, 2.45) is 0 Å². The van der Waals surface area contributed by atoms with Gasteiger partial charge in [0.05, 0.1) is 30.0 Å². The first-order valence-electron chi connectivity index (χ1n) is 9.23. The molecule has 1 N–H and O–H groups in total. The van der Waals surface area contributed by atoms with E-state index in [2.05, 4.69) is 15.2 Å². The fourth-order valence-electron chi connectivity index (χ4n) is 3.46. The number of rotatable bonds is 3. The number of hydrogen-bond donors (Lipinski definition) is 1. The lowest BCUT2D eigenvalue weighted by Crippen LogP contribution is -2.36. The largest absolute Gasteiger partial charge is 0.488 e. The molecule has 28 heavy (non-hydrogen) atoms. The van der Waals surface area contributed by atoms with Gasteiger partial charge in [0.1, 0.15) is 18.2 Å². The van der Waals surface area contributed by atoms with Crippen LogP contribution in [0, 0.1) is 0 Å². The lowest BCUT2D eigenvalue weighted by molar-refractivity contribution is 0.103. The molecule has 6 nitrogen and oxygen atoms in total. The SMILES string of the molecule is O=C(Nc1ccc(N2CCOCC2)cn1)c1cc2c(s1)-c1ccccc1OC2. The number of morpholine rings is 1. The fourth-order valence-corrected chi connectivity index (χ4v) is 4.55. The first-order valence-corrected chi connectivity index (χ1v) is 10.0. The lowest BCUT2D eigenvalue weighted by Gasteiger charge is -2.28. The van der Waals surface area contributed by atoms with E-state index < -0.39 is 0 Å². The number of carbonyl (C=O) groups is 1. The summed E-state index contributed by atoms with van der Waals surface area (Å²) in [5, 5.41) is 2.90. The van der Waals surface area contributed by atoms with Crippen LogP contribution in [0.4, 0.5) is 11.5 Å². The average molecular weight is 393 g/mol. The van der Waals surface area contributed by atoms with Crippen LogP contribution in [0.25, 0.3) is 10.4 Å². The van der Waals surface area contributed by atoms with Gasteiger partial charge in [0.2, 0.25) is 0 Å². The van der Waals surface area contributed by atoms with Crippen molar-refractivity contribution in [3.63, 3.8) is 0 Å². The van der Waals surface area contributed by atoms with Crippen molar-refractivity contribution in [1.29, 1.82) is 0 Å². The summed E-state index contributed by atoms with van der Waals surface area (Å²) < 4.78 is 11.2. The van der Waals surface area contributed by atoms with E-state index in [9.17, 15) is 4.79 Å². The molecule has 0 saturated carbocycles. The summed E-state index contributed by atoms with van der Waals surface area (Å²) in [5.41, 5.74) is 3.13. The molecule has 142 valence electrons. The maximum atomic E-state index is 12.7. The number of ether oxygens (including phenoxy) is 2. The second-order valence-electron chi connectivity index (χ2n) is 6.71. The highest BCUT2D eigenvalue weighted by Gasteiger charge is 2.22. The molecular weight excluding hydrogens is 374 g/mol. The number of thiophene rings is 1. The van der Waals surface area contributed by atoms with Gasteiger partial charge in [0, 0.05) is 29.1 Å². The van der Waals surface area contributed by atoms with E-state index in [4.69, 9.17) is 9.47 Å². The first-order chi connectivity index (χ1) is 13.8. The van der Waals surface area contributed by atoms with Crippen molar-refractivity contribution in [3.05, 3.63) is 59.1 Å². The normalized spacial score (nSPS) is 15.4. The Bertz CT molecular complexity index is 1010. The Kier molecular flexibility index (Phi) is 4.46. The van der Waals surface area contributed by atoms with Gasteiger partial charge >= 0.3 is 0 Å². The van der Waals surface area contributed by atoms with Gasteiger partial charge in [-0.3, -0.25) is 4.79 Å². The zero-order valence-electron chi connectivity index (χ0n) is 15.2. The molecule has 2 aliphatic heterocycles. The monoisotopic (exact) mass is 393 g/mol. The summed E-state index contributed by atoms with van der Waals surface area (Å²) in [4.78, 5) is 21.1. The summed E-state index contributed by atoms with van der Waals surface area (Å²) in [7, 11) is 0. The van der Waals surface area contributed by atoms with E-state index in [0.717, 1.165) is 53.7 Å². The van der Waals surface area contributed by atoms with Crippen LogP contribution in [0.5, 0.6) is 5.75 Å². The van der Waals surface area contributed by atoms with Crippen LogP contribution in [0.15, 0.2) is 48.7 Å². The number of pyridine rings is 1. The molecule has 0 unspecified atom stereocenters. The Hall–Kier alpha value is -2.90. The molecule has 0 aliphatic carbocycles. The minimum Gasteiger partial charge on any atom is -0.488 e. The molecule has 1 amide bonds. The van der Waals surface area contributed by atoms with Gasteiger partial charge in [0.25, 0.3) is 5.91 Å². The van der Waals surface area contributed by atoms with Crippen LogP contribution in [-0.4, -0.2) is 37.2 Å². The van der Waals surface area contributed by atoms with E-state index in [1.54, 1.807) is 6.20 Å². The van der Waals surface area contributed by atoms with E-state index in [0.29, 0.717) is 17.3 Å². The third-order valence-corrected chi connectivity index (χ3v) is 6.12. The standard InChI is InChI=1S/C21H19N3O3S/c25-21(23-19-6-5-15(12-22-19)24-7-9-26-10-8-24)18-11-14-13-27-17-4-2-1-3-16(17)20(14)28-18/h1-6,11-12H,7-10,13H2,(H,22,23,25). The minimum atomic E-state index is -0.150. The zero-order chi connectivity index (χ0) is 18.9. The van der Waals surface area contributed by atoms with Gasteiger partial charge < -0.3 is 19.7 Å². The highest BCUT2D eigenvalue weighted by molar-refractivity contribution is 7.17. The third-order valence-electron chi connectivity index (χ3n) is 4.91. The molecule has 2 aromatic heterocycles. The van der Waals surface area contributed by atoms with E-state index in [1.807, 2.05) is 42.5 Å². The molecular formula is C21H19N3O3S. The highest BCUT2D eigenvalue weighted by Crippen LogP contribution is 2.42. The maximum Gasteiger partial charge on any atom is 0.266 e. The average Bonchev–Trinajstić information content (AvgIpc) is 3.20. The van der Waals surface area contributed by atoms with Gasteiger partial charge in [-0.1, -0.05) is 12.1 Å². The van der Waals surface area contributed by atoms with Crippen LogP contribution in [0.1, 0.15) is 15.2 Å². The number of aromatic nitrogens is 1. The number of benzene rings is 1. The second-order valence-corrected chi connectivity index (χ2v) is 7.76. The van der Waals surface area contributed by atoms with Crippen LogP contribution in [0.2, 0.25) is 0 Å². The molecule has 2 aliphatic rings. The Morgan fingerprint density at radius 1 is 1.14 bits per heavy atom. The number of para-hydroxylation sites is 1. The van der Waals surface area contributed by atoms with Gasteiger partial charge in [-0.2, -0.15) is 0 Å². The van der Waals surface area contributed by atoms with Gasteiger partial charge in [-0.15, -0.1) is 11.3 Å². The fraction of sp³-hybridized carbons (Fsp3) is 0.238. The van der Waals surface area contributed by atoms with Gasteiger partial charge in [-0.25, -0.2) is 4.98 Å². The van der Waals surface area contributed by atoms with Crippen molar-refractivity contribution in [1.82, 2.24) is 4.98 Å². The van der Waals surface area contributed by atoms with Gasteiger partial charge in [0.15, 0.2) is 0 Å². The van der Waals surface area contributed by atoms with Crippen molar-refractivity contribution in [3.8, 4) is 16.2 Å². The number of anilines is 2. The topological polar surface area (TPSA) is 63.7 Å². The molecule has 4 heterocycles. The maximum absolute atomic E-state index is 12.7. The number of nitrogens with one attached hydrogen (secondary N) is 1.